The van der Waals surface area contributed by atoms with Crippen molar-refractivity contribution in [1.82, 2.24) is 4.98 Å². The highest BCUT2D eigenvalue weighted by Gasteiger charge is 2.04. The maximum Gasteiger partial charge on any atom is 0.252 e. The van der Waals surface area contributed by atoms with Crippen molar-refractivity contribution < 1.29 is 4.79 Å². The van der Waals surface area contributed by atoms with E-state index in [0.717, 1.165) is 5.56 Å². The molecule has 2 aromatic rings. The molecule has 1 heterocycles. The Bertz CT molecular complexity index is 547. The van der Waals surface area contributed by atoms with E-state index in [1.54, 1.807) is 19.2 Å². The zero-order valence-electron chi connectivity index (χ0n) is 10.1. The summed E-state index contributed by atoms with van der Waals surface area (Å²) < 4.78 is 0. The first-order valence-electron chi connectivity index (χ1n) is 5.71. The summed E-state index contributed by atoms with van der Waals surface area (Å²) in [5.41, 5.74) is 1.65. The fourth-order valence-electron chi connectivity index (χ4n) is 1.52. The van der Waals surface area contributed by atoms with Crippen LogP contribution >= 0.6 is 0 Å². The molecule has 0 unspecified atom stereocenters. The minimum Gasteiger partial charge on any atom is -0.307 e. The average molecular weight is 238 g/mol. The molecule has 0 atom stereocenters. The van der Waals surface area contributed by atoms with Gasteiger partial charge in [-0.05, 0) is 30.7 Å². The van der Waals surface area contributed by atoms with Gasteiger partial charge in [-0.1, -0.05) is 36.4 Å². The van der Waals surface area contributed by atoms with E-state index in [4.69, 9.17) is 0 Å². The molecular weight excluding hydrogens is 224 g/mol. The number of carbonyl (C=O) groups is 1. The number of nitrogens with one attached hydrogen (secondary N) is 1. The highest BCUT2D eigenvalue weighted by molar-refractivity contribution is 6.05. The number of amides is 1. The van der Waals surface area contributed by atoms with Gasteiger partial charge in [0.05, 0.1) is 0 Å². The summed E-state index contributed by atoms with van der Waals surface area (Å²) in [6, 6.07) is 15.1. The molecule has 0 saturated carbocycles. The van der Waals surface area contributed by atoms with Gasteiger partial charge in [-0.15, -0.1) is 0 Å². The van der Waals surface area contributed by atoms with Gasteiger partial charge < -0.3 is 5.32 Å². The van der Waals surface area contributed by atoms with Crippen molar-refractivity contribution in [3.05, 3.63) is 65.9 Å². The van der Waals surface area contributed by atoms with Gasteiger partial charge in [0.1, 0.15) is 5.82 Å². The largest absolute Gasteiger partial charge is 0.307 e. The predicted octanol–water partition coefficient (Wildman–Crippen LogP) is 3.12. The second-order valence-electron chi connectivity index (χ2n) is 3.91. The number of carbonyl (C=O) groups excluding carboxylic acids is 1. The fourth-order valence-corrected chi connectivity index (χ4v) is 1.52. The SMILES string of the molecule is C/C(=C\c1ccccc1)C(=O)Nc1ccccn1. The summed E-state index contributed by atoms with van der Waals surface area (Å²) in [7, 11) is 0. The highest BCUT2D eigenvalue weighted by Crippen LogP contribution is 2.08. The zero-order chi connectivity index (χ0) is 12.8. The van der Waals surface area contributed by atoms with E-state index in [1.165, 1.54) is 0 Å². The Labute approximate surface area is 106 Å². The molecule has 0 aliphatic heterocycles. The Hall–Kier alpha value is -2.42. The summed E-state index contributed by atoms with van der Waals surface area (Å²) >= 11 is 0. The van der Waals surface area contributed by atoms with Gasteiger partial charge in [0, 0.05) is 11.8 Å². The van der Waals surface area contributed by atoms with E-state index in [2.05, 4.69) is 10.3 Å². The number of hydrogen-bond donors (Lipinski definition) is 1. The smallest absolute Gasteiger partial charge is 0.252 e. The van der Waals surface area contributed by atoms with Gasteiger partial charge in [-0.25, -0.2) is 4.98 Å². The molecule has 1 amide bonds. The van der Waals surface area contributed by atoms with Crippen molar-refractivity contribution in [2.45, 2.75) is 6.92 Å². The van der Waals surface area contributed by atoms with Crippen LogP contribution in [0.25, 0.3) is 6.08 Å². The molecule has 90 valence electrons. The van der Waals surface area contributed by atoms with E-state index in [9.17, 15) is 4.79 Å². The lowest BCUT2D eigenvalue weighted by atomic mass is 10.1. The molecule has 3 nitrogen and oxygen atoms in total. The van der Waals surface area contributed by atoms with Crippen LogP contribution in [-0.4, -0.2) is 10.9 Å². The minimum absolute atomic E-state index is 0.141. The van der Waals surface area contributed by atoms with Crippen LogP contribution in [-0.2, 0) is 4.79 Å². The number of anilines is 1. The third-order valence-corrected chi connectivity index (χ3v) is 2.45. The first-order valence-corrected chi connectivity index (χ1v) is 5.71. The van der Waals surface area contributed by atoms with Gasteiger partial charge in [0.25, 0.3) is 5.91 Å². The number of hydrogen-bond acceptors (Lipinski definition) is 2. The Balaban J connectivity index is 2.08. The van der Waals surface area contributed by atoms with Gasteiger partial charge in [0.15, 0.2) is 0 Å². The Morgan fingerprint density at radius 2 is 1.83 bits per heavy atom. The van der Waals surface area contributed by atoms with Gasteiger partial charge in [-0.3, -0.25) is 4.79 Å². The van der Waals surface area contributed by atoms with Crippen molar-refractivity contribution in [3.63, 3.8) is 0 Å². The molecule has 0 saturated heterocycles. The molecule has 18 heavy (non-hydrogen) atoms. The number of benzene rings is 1. The number of nitrogens with zero attached hydrogens (tertiary/aromatic N) is 1. The first-order chi connectivity index (χ1) is 8.75. The molecule has 1 aromatic carbocycles. The first kappa shape index (κ1) is 12.0. The fraction of sp³-hybridized carbons (Fsp3) is 0.0667. The van der Waals surface area contributed by atoms with Crippen LogP contribution in [0.3, 0.4) is 0 Å². The summed E-state index contributed by atoms with van der Waals surface area (Å²) in [6.07, 6.45) is 3.49. The normalized spacial score (nSPS) is 11.1. The lowest BCUT2D eigenvalue weighted by molar-refractivity contribution is -0.112. The summed E-state index contributed by atoms with van der Waals surface area (Å²) in [5, 5.41) is 2.74. The molecular formula is C15H14N2O. The molecule has 1 N–H and O–H groups in total. The molecule has 1 aromatic heterocycles. The Morgan fingerprint density at radius 3 is 2.50 bits per heavy atom. The van der Waals surface area contributed by atoms with E-state index < -0.39 is 0 Å². The molecule has 0 radical (unpaired) electrons. The molecule has 0 bridgehead atoms. The zero-order valence-corrected chi connectivity index (χ0v) is 10.1. The summed E-state index contributed by atoms with van der Waals surface area (Å²) in [5.74, 6) is 0.417. The third-order valence-electron chi connectivity index (χ3n) is 2.45. The van der Waals surface area contributed by atoms with Crippen LogP contribution in [0.15, 0.2) is 60.3 Å². The molecule has 3 heteroatoms. The predicted molar refractivity (Wildman–Crippen MR) is 73.0 cm³/mol. The lowest BCUT2D eigenvalue weighted by Crippen LogP contribution is -2.13. The molecule has 0 spiro atoms. The van der Waals surface area contributed by atoms with Crippen molar-refractivity contribution in [3.8, 4) is 0 Å². The van der Waals surface area contributed by atoms with E-state index >= 15 is 0 Å². The monoisotopic (exact) mass is 238 g/mol. The lowest BCUT2D eigenvalue weighted by Gasteiger charge is -2.04. The van der Waals surface area contributed by atoms with Gasteiger partial charge in [-0.2, -0.15) is 0 Å². The van der Waals surface area contributed by atoms with Crippen molar-refractivity contribution in [2.75, 3.05) is 5.32 Å². The van der Waals surface area contributed by atoms with Crippen molar-refractivity contribution in [2.24, 2.45) is 0 Å². The number of rotatable bonds is 3. The molecule has 0 aliphatic carbocycles. The van der Waals surface area contributed by atoms with E-state index in [-0.39, 0.29) is 5.91 Å². The molecule has 0 aliphatic rings. The summed E-state index contributed by atoms with van der Waals surface area (Å²) in [6.45, 7) is 1.78. The van der Waals surface area contributed by atoms with Crippen LogP contribution in [0.2, 0.25) is 0 Å². The Morgan fingerprint density at radius 1 is 1.11 bits per heavy atom. The summed E-state index contributed by atoms with van der Waals surface area (Å²) in [4.78, 5) is 15.9. The van der Waals surface area contributed by atoms with Gasteiger partial charge in [0.2, 0.25) is 0 Å². The van der Waals surface area contributed by atoms with Crippen LogP contribution in [0.4, 0.5) is 5.82 Å². The standard InChI is InChI=1S/C15H14N2O/c1-12(11-13-7-3-2-4-8-13)15(18)17-14-9-5-6-10-16-14/h2-11H,1H3,(H,16,17,18)/b12-11+. The van der Waals surface area contributed by atoms with Crippen LogP contribution < -0.4 is 5.32 Å². The second-order valence-corrected chi connectivity index (χ2v) is 3.91. The van der Waals surface area contributed by atoms with E-state index in [1.807, 2.05) is 48.5 Å². The van der Waals surface area contributed by atoms with Crippen molar-refractivity contribution in [1.29, 1.82) is 0 Å². The average Bonchev–Trinajstić information content (AvgIpc) is 2.41. The van der Waals surface area contributed by atoms with Crippen LogP contribution in [0.5, 0.6) is 0 Å². The van der Waals surface area contributed by atoms with Gasteiger partial charge >= 0.3 is 0 Å². The van der Waals surface area contributed by atoms with Crippen LogP contribution in [0.1, 0.15) is 12.5 Å². The maximum atomic E-state index is 11.9. The maximum absolute atomic E-state index is 11.9. The topological polar surface area (TPSA) is 42.0 Å². The minimum atomic E-state index is -0.141. The van der Waals surface area contributed by atoms with Crippen molar-refractivity contribution >= 4 is 17.8 Å². The number of aromatic nitrogens is 1. The highest BCUT2D eigenvalue weighted by atomic mass is 16.1. The third kappa shape index (κ3) is 3.28. The quantitative estimate of drug-likeness (QED) is 0.835. The van der Waals surface area contributed by atoms with Crippen LogP contribution in [0, 0.1) is 0 Å². The van der Waals surface area contributed by atoms with E-state index in [0.29, 0.717) is 11.4 Å². The number of pyridine rings is 1. The molecule has 0 fully saturated rings. The second kappa shape index (κ2) is 5.77. The molecule has 2 rings (SSSR count). The Kier molecular flexibility index (Phi) is 3.86.